The fraction of sp³-hybridized carbons (Fsp3) is 0.600. The van der Waals surface area contributed by atoms with Crippen molar-refractivity contribution in [2.45, 2.75) is 34.1 Å². The maximum atomic E-state index is 11.2. The Bertz CT molecular complexity index is 254. The maximum absolute atomic E-state index is 11.2. The first-order valence-electron chi connectivity index (χ1n) is 4.61. The van der Waals surface area contributed by atoms with Crippen LogP contribution in [0.25, 0.3) is 0 Å². The van der Waals surface area contributed by atoms with Crippen molar-refractivity contribution in [1.29, 1.82) is 0 Å². The molecule has 0 aromatic heterocycles. The fourth-order valence-electron chi connectivity index (χ4n) is 1.25. The Kier molecular flexibility index (Phi) is 4.38. The summed E-state index contributed by atoms with van der Waals surface area (Å²) in [4.78, 5) is 23.5. The Balaban J connectivity index is 0.000000671. The highest BCUT2D eigenvalue weighted by Crippen LogP contribution is 2.20. The number of imide groups is 1. The van der Waals surface area contributed by atoms with Gasteiger partial charge in [0.15, 0.2) is 0 Å². The van der Waals surface area contributed by atoms with Crippen LogP contribution in [0.4, 0.5) is 0 Å². The number of rotatable bonds is 1. The molecule has 3 nitrogen and oxygen atoms in total. The second-order valence-electron chi connectivity index (χ2n) is 2.63. The molecule has 3 heteroatoms. The highest BCUT2D eigenvalue weighted by Gasteiger charge is 2.31. The summed E-state index contributed by atoms with van der Waals surface area (Å²) in [5, 5.41) is 0. The molecule has 0 bridgehead atoms. The minimum absolute atomic E-state index is 0.144. The Morgan fingerprint density at radius 2 is 1.62 bits per heavy atom. The second kappa shape index (κ2) is 4.80. The Morgan fingerprint density at radius 3 is 1.77 bits per heavy atom. The zero-order valence-electron chi connectivity index (χ0n) is 8.97. The summed E-state index contributed by atoms with van der Waals surface area (Å²) in [6.07, 6.45) is 0.640. The molecule has 13 heavy (non-hydrogen) atoms. The largest absolute Gasteiger partial charge is 0.278 e. The van der Waals surface area contributed by atoms with Crippen molar-refractivity contribution in [1.82, 2.24) is 4.90 Å². The van der Waals surface area contributed by atoms with Gasteiger partial charge in [0.1, 0.15) is 0 Å². The molecular formula is C10H17NO2. The van der Waals surface area contributed by atoms with E-state index in [0.717, 1.165) is 4.90 Å². The number of hydrogen-bond donors (Lipinski definition) is 0. The minimum Gasteiger partial charge on any atom is -0.278 e. The molecule has 0 N–H and O–H groups in total. The summed E-state index contributed by atoms with van der Waals surface area (Å²) in [5.74, 6) is -0.304. The molecule has 0 saturated heterocycles. The summed E-state index contributed by atoms with van der Waals surface area (Å²) in [6, 6.07) is 0. The molecule has 1 heterocycles. The van der Waals surface area contributed by atoms with Crippen LogP contribution in [0.2, 0.25) is 0 Å². The molecule has 0 fully saturated rings. The molecule has 74 valence electrons. The highest BCUT2D eigenvalue weighted by molar-refractivity contribution is 6.18. The minimum atomic E-state index is -0.160. The molecule has 0 radical (unpaired) electrons. The van der Waals surface area contributed by atoms with E-state index in [4.69, 9.17) is 0 Å². The molecule has 0 spiro atoms. The van der Waals surface area contributed by atoms with Gasteiger partial charge in [0.05, 0.1) is 0 Å². The summed E-state index contributed by atoms with van der Waals surface area (Å²) < 4.78 is 0. The van der Waals surface area contributed by atoms with Crippen LogP contribution in [0.15, 0.2) is 11.1 Å². The van der Waals surface area contributed by atoms with Crippen molar-refractivity contribution >= 4 is 11.8 Å². The van der Waals surface area contributed by atoms with E-state index in [1.165, 1.54) is 7.05 Å². The second-order valence-corrected chi connectivity index (χ2v) is 2.63. The maximum Gasteiger partial charge on any atom is 0.256 e. The van der Waals surface area contributed by atoms with Crippen LogP contribution < -0.4 is 0 Å². The summed E-state index contributed by atoms with van der Waals surface area (Å²) >= 11 is 0. The van der Waals surface area contributed by atoms with Crippen molar-refractivity contribution in [3.63, 3.8) is 0 Å². The quantitative estimate of drug-likeness (QED) is 0.581. The van der Waals surface area contributed by atoms with Crippen LogP contribution in [0.1, 0.15) is 34.1 Å². The molecule has 0 unspecified atom stereocenters. The van der Waals surface area contributed by atoms with E-state index in [0.29, 0.717) is 17.6 Å². The number of carbonyl (C=O) groups is 2. The van der Waals surface area contributed by atoms with Crippen LogP contribution in [0.3, 0.4) is 0 Å². The van der Waals surface area contributed by atoms with Crippen molar-refractivity contribution in [2.24, 2.45) is 0 Å². The molecule has 1 rings (SSSR count). The molecular weight excluding hydrogens is 166 g/mol. The van der Waals surface area contributed by atoms with Gasteiger partial charge in [-0.15, -0.1) is 0 Å². The zero-order chi connectivity index (χ0) is 10.6. The fourth-order valence-corrected chi connectivity index (χ4v) is 1.25. The number of likely N-dealkylation sites (N-methyl/N-ethyl adjacent to an activating group) is 1. The van der Waals surface area contributed by atoms with Gasteiger partial charge in [0.25, 0.3) is 11.8 Å². The molecule has 2 amide bonds. The van der Waals surface area contributed by atoms with Gasteiger partial charge in [-0.2, -0.15) is 0 Å². The summed E-state index contributed by atoms with van der Waals surface area (Å²) in [7, 11) is 1.51. The first-order chi connectivity index (χ1) is 6.09. The zero-order valence-corrected chi connectivity index (χ0v) is 8.97. The first-order valence-corrected chi connectivity index (χ1v) is 4.61. The molecule has 0 aromatic carbocycles. The average Bonchev–Trinajstić information content (AvgIpc) is 2.35. The van der Waals surface area contributed by atoms with Crippen molar-refractivity contribution in [3.8, 4) is 0 Å². The third-order valence-corrected chi connectivity index (χ3v) is 1.99. The monoisotopic (exact) mass is 183 g/mol. The Hall–Kier alpha value is -1.12. The van der Waals surface area contributed by atoms with Gasteiger partial charge in [-0.3, -0.25) is 14.5 Å². The predicted molar refractivity (Wildman–Crippen MR) is 52.1 cm³/mol. The van der Waals surface area contributed by atoms with E-state index in [1.807, 2.05) is 20.8 Å². The normalized spacial score (nSPS) is 16.2. The molecule has 0 aromatic rings. The predicted octanol–water partition coefficient (Wildman–Crippen LogP) is 1.74. The summed E-state index contributed by atoms with van der Waals surface area (Å²) in [5.41, 5.74) is 1.25. The van der Waals surface area contributed by atoms with Crippen LogP contribution >= 0.6 is 0 Å². The lowest BCUT2D eigenvalue weighted by molar-refractivity contribution is -0.135. The standard InChI is InChI=1S/C8H11NO2.C2H6/c1-4-6-5(2)7(10)9(3)8(6)11;1-2/h4H2,1-3H3;1-2H3. The molecule has 1 aliphatic heterocycles. The molecule has 0 atom stereocenters. The molecule has 1 aliphatic rings. The molecule has 0 aliphatic carbocycles. The number of hydrogen-bond acceptors (Lipinski definition) is 2. The van der Waals surface area contributed by atoms with Crippen molar-refractivity contribution < 1.29 is 9.59 Å². The van der Waals surface area contributed by atoms with Crippen molar-refractivity contribution in [3.05, 3.63) is 11.1 Å². The van der Waals surface area contributed by atoms with Gasteiger partial charge >= 0.3 is 0 Å². The van der Waals surface area contributed by atoms with Crippen LogP contribution in [0, 0.1) is 0 Å². The lowest BCUT2D eigenvalue weighted by Gasteiger charge is -2.04. The number of carbonyl (C=O) groups excluding carboxylic acids is 2. The van der Waals surface area contributed by atoms with Gasteiger partial charge in [0.2, 0.25) is 0 Å². The van der Waals surface area contributed by atoms with Crippen LogP contribution in [-0.4, -0.2) is 23.8 Å². The SMILES string of the molecule is CC.CCC1=C(C)C(=O)N(C)C1=O. The Morgan fingerprint density at radius 1 is 1.15 bits per heavy atom. The lowest BCUT2D eigenvalue weighted by Crippen LogP contribution is -2.26. The first kappa shape index (κ1) is 11.9. The van der Waals surface area contributed by atoms with Gasteiger partial charge < -0.3 is 0 Å². The van der Waals surface area contributed by atoms with Gasteiger partial charge in [-0.05, 0) is 13.3 Å². The topological polar surface area (TPSA) is 37.4 Å². The lowest BCUT2D eigenvalue weighted by atomic mass is 10.1. The third-order valence-electron chi connectivity index (χ3n) is 1.99. The van der Waals surface area contributed by atoms with E-state index < -0.39 is 0 Å². The smallest absolute Gasteiger partial charge is 0.256 e. The third kappa shape index (κ3) is 1.97. The summed E-state index contributed by atoms with van der Waals surface area (Å²) in [6.45, 7) is 7.58. The van der Waals surface area contributed by atoms with E-state index in [1.54, 1.807) is 6.92 Å². The van der Waals surface area contributed by atoms with Gasteiger partial charge in [-0.25, -0.2) is 0 Å². The van der Waals surface area contributed by atoms with E-state index in [9.17, 15) is 9.59 Å². The van der Waals surface area contributed by atoms with E-state index >= 15 is 0 Å². The van der Waals surface area contributed by atoms with E-state index in [2.05, 4.69) is 0 Å². The molecule has 0 saturated carbocycles. The number of amides is 2. The van der Waals surface area contributed by atoms with Crippen LogP contribution in [0.5, 0.6) is 0 Å². The average molecular weight is 183 g/mol. The van der Waals surface area contributed by atoms with E-state index in [-0.39, 0.29) is 11.8 Å². The highest BCUT2D eigenvalue weighted by atomic mass is 16.2. The number of nitrogens with zero attached hydrogens (tertiary/aromatic N) is 1. The Labute approximate surface area is 79.4 Å². The van der Waals surface area contributed by atoms with Gasteiger partial charge in [-0.1, -0.05) is 20.8 Å². The van der Waals surface area contributed by atoms with Crippen molar-refractivity contribution in [2.75, 3.05) is 7.05 Å². The van der Waals surface area contributed by atoms with Crippen LogP contribution in [-0.2, 0) is 9.59 Å². The van der Waals surface area contributed by atoms with Gasteiger partial charge in [0, 0.05) is 18.2 Å².